The summed E-state index contributed by atoms with van der Waals surface area (Å²) in [5.74, 6) is 0. The third-order valence-electron chi connectivity index (χ3n) is 5.95. The number of hydrogen-bond donors (Lipinski definition) is 0. The Morgan fingerprint density at radius 3 is 2.22 bits per heavy atom. The summed E-state index contributed by atoms with van der Waals surface area (Å²) in [4.78, 5) is 0. The average molecular weight is 345 g/mol. The van der Waals surface area contributed by atoms with Crippen LogP contribution in [0.5, 0.6) is 0 Å². The maximum Gasteiger partial charge on any atom is 0.160 e. The lowest BCUT2D eigenvalue weighted by Crippen LogP contribution is -1.80. The molecule has 2 nitrogen and oxygen atoms in total. The molecule has 0 saturated heterocycles. The van der Waals surface area contributed by atoms with Crippen molar-refractivity contribution in [3.8, 4) is 0 Å². The molecule has 126 valence electrons. The molecule has 0 N–H and O–H groups in total. The Labute approximate surface area is 154 Å². The number of aromatic nitrogens is 1. The van der Waals surface area contributed by atoms with Crippen LogP contribution in [0.25, 0.3) is 60.0 Å². The van der Waals surface area contributed by atoms with Gasteiger partial charge in [-0.3, -0.25) is 0 Å². The first-order valence-corrected chi connectivity index (χ1v) is 9.30. The predicted molar refractivity (Wildman–Crippen MR) is 113 cm³/mol. The van der Waals surface area contributed by atoms with Crippen molar-refractivity contribution in [3.63, 3.8) is 0 Å². The summed E-state index contributed by atoms with van der Waals surface area (Å²) in [5.41, 5.74) is 6.93. The summed E-state index contributed by atoms with van der Waals surface area (Å²) in [6.07, 6.45) is 0. The van der Waals surface area contributed by atoms with E-state index in [2.05, 4.69) is 78.1 Å². The minimum absolute atomic E-state index is 0.945. The van der Waals surface area contributed by atoms with Crippen molar-refractivity contribution in [1.29, 1.82) is 0 Å². The maximum atomic E-state index is 6.39. The van der Waals surface area contributed by atoms with Gasteiger partial charge in [-0.1, -0.05) is 42.5 Å². The van der Waals surface area contributed by atoms with Crippen molar-refractivity contribution in [2.75, 3.05) is 0 Å². The van der Waals surface area contributed by atoms with Crippen LogP contribution in [0.4, 0.5) is 0 Å². The molecule has 7 aromatic rings. The summed E-state index contributed by atoms with van der Waals surface area (Å²) in [5, 5.41) is 7.54. The van der Waals surface area contributed by atoms with Gasteiger partial charge in [0.25, 0.3) is 0 Å². The minimum Gasteiger partial charge on any atom is -0.454 e. The number of hydrogen-bond acceptors (Lipinski definition) is 1. The van der Waals surface area contributed by atoms with Gasteiger partial charge in [0.2, 0.25) is 0 Å². The Morgan fingerprint density at radius 1 is 0.630 bits per heavy atom. The lowest BCUT2D eigenvalue weighted by Gasteiger charge is -1.99. The maximum absolute atomic E-state index is 6.39. The topological polar surface area (TPSA) is 17.6 Å². The molecule has 0 bridgehead atoms. The van der Waals surface area contributed by atoms with Gasteiger partial charge < -0.3 is 8.82 Å². The third kappa shape index (κ3) is 1.49. The molecule has 2 heteroatoms. The zero-order valence-corrected chi connectivity index (χ0v) is 14.8. The summed E-state index contributed by atoms with van der Waals surface area (Å²) in [6.45, 7) is 2.18. The van der Waals surface area contributed by atoms with Crippen molar-refractivity contribution in [1.82, 2.24) is 4.40 Å². The van der Waals surface area contributed by atoms with Gasteiger partial charge in [-0.2, -0.15) is 0 Å². The molecule has 0 aliphatic rings. The van der Waals surface area contributed by atoms with Crippen LogP contribution in [0.15, 0.2) is 77.2 Å². The Kier molecular flexibility index (Phi) is 2.23. The molecular weight excluding hydrogens is 330 g/mol. The van der Waals surface area contributed by atoms with Crippen LogP contribution in [-0.4, -0.2) is 4.40 Å². The van der Waals surface area contributed by atoms with E-state index >= 15 is 0 Å². The van der Waals surface area contributed by atoms with Crippen LogP contribution < -0.4 is 0 Å². The molecule has 0 saturated carbocycles. The van der Waals surface area contributed by atoms with Gasteiger partial charge in [0.1, 0.15) is 5.58 Å². The summed E-state index contributed by atoms with van der Waals surface area (Å²) in [6, 6.07) is 26.1. The molecule has 3 heterocycles. The van der Waals surface area contributed by atoms with Gasteiger partial charge in [-0.25, -0.2) is 0 Å². The summed E-state index contributed by atoms with van der Waals surface area (Å²) >= 11 is 0. The van der Waals surface area contributed by atoms with Gasteiger partial charge in [0, 0.05) is 32.3 Å². The normalized spacial score (nSPS) is 12.6. The molecule has 0 aliphatic carbocycles. The van der Waals surface area contributed by atoms with Crippen molar-refractivity contribution in [2.45, 2.75) is 6.92 Å². The first-order chi connectivity index (χ1) is 13.3. The second-order valence-corrected chi connectivity index (χ2v) is 7.50. The van der Waals surface area contributed by atoms with E-state index in [0.29, 0.717) is 0 Å². The SMILES string of the molecule is Cc1cc2c3ccccc3n3c2c(c1)c1ccc2c4ccccc4oc2c13. The number of fused-ring (bicyclic) bond motifs is 10. The fourth-order valence-electron chi connectivity index (χ4n) is 4.89. The Balaban J connectivity index is 1.91. The standard InChI is InChI=1S/C25H15NO/c1-14-12-19-15-6-2-4-8-21(15)26-23(19)20(13-14)17-10-11-18-16-7-3-5-9-22(16)27-25(18)24(17)26/h2-13H,1H3. The smallest absolute Gasteiger partial charge is 0.160 e. The molecule has 0 atom stereocenters. The molecular formula is C25H15NO. The Morgan fingerprint density at radius 2 is 1.33 bits per heavy atom. The number of benzene rings is 4. The van der Waals surface area contributed by atoms with Gasteiger partial charge in [0.05, 0.1) is 16.6 Å². The van der Waals surface area contributed by atoms with E-state index in [1.54, 1.807) is 0 Å². The fourth-order valence-corrected chi connectivity index (χ4v) is 4.89. The highest BCUT2D eigenvalue weighted by Gasteiger charge is 2.21. The number of rotatable bonds is 0. The Hall–Kier alpha value is -3.52. The lowest BCUT2D eigenvalue weighted by molar-refractivity contribution is 0.671. The van der Waals surface area contributed by atoms with Crippen molar-refractivity contribution in [2.24, 2.45) is 0 Å². The van der Waals surface area contributed by atoms with E-state index in [1.165, 1.54) is 54.4 Å². The van der Waals surface area contributed by atoms with Crippen molar-refractivity contribution in [3.05, 3.63) is 78.4 Å². The first-order valence-electron chi connectivity index (χ1n) is 9.30. The number of furan rings is 1. The number of para-hydroxylation sites is 2. The molecule has 0 fully saturated rings. The highest BCUT2D eigenvalue weighted by molar-refractivity contribution is 6.28. The van der Waals surface area contributed by atoms with Gasteiger partial charge in [-0.05, 0) is 42.8 Å². The predicted octanol–water partition coefficient (Wildman–Crippen LogP) is 7.04. The quantitative estimate of drug-likeness (QED) is 0.288. The molecule has 0 radical (unpaired) electrons. The molecule has 0 amide bonds. The zero-order valence-electron chi connectivity index (χ0n) is 14.8. The van der Waals surface area contributed by atoms with Crippen LogP contribution in [-0.2, 0) is 0 Å². The molecule has 4 aromatic carbocycles. The van der Waals surface area contributed by atoms with E-state index in [1.807, 2.05) is 6.07 Å². The molecule has 0 spiro atoms. The van der Waals surface area contributed by atoms with Gasteiger partial charge in [0.15, 0.2) is 5.58 Å². The van der Waals surface area contributed by atoms with Crippen molar-refractivity contribution < 1.29 is 4.42 Å². The fraction of sp³-hybridized carbons (Fsp3) is 0.0400. The second kappa shape index (κ2) is 4.41. The van der Waals surface area contributed by atoms with Crippen LogP contribution in [0, 0.1) is 6.92 Å². The van der Waals surface area contributed by atoms with Crippen LogP contribution >= 0.6 is 0 Å². The largest absolute Gasteiger partial charge is 0.454 e. The molecule has 27 heavy (non-hydrogen) atoms. The van der Waals surface area contributed by atoms with Crippen LogP contribution in [0.1, 0.15) is 5.56 Å². The molecule has 0 aliphatic heterocycles. The zero-order chi connectivity index (χ0) is 17.7. The third-order valence-corrected chi connectivity index (χ3v) is 5.95. The lowest BCUT2D eigenvalue weighted by atomic mass is 10.0. The monoisotopic (exact) mass is 345 g/mol. The van der Waals surface area contributed by atoms with E-state index in [4.69, 9.17) is 4.42 Å². The van der Waals surface area contributed by atoms with E-state index in [-0.39, 0.29) is 0 Å². The number of aryl methyl sites for hydroxylation is 1. The Bertz CT molecular complexity index is 1680. The summed E-state index contributed by atoms with van der Waals surface area (Å²) < 4.78 is 8.79. The van der Waals surface area contributed by atoms with E-state index in [0.717, 1.165) is 11.2 Å². The molecule has 3 aromatic heterocycles. The first kappa shape index (κ1) is 13.7. The van der Waals surface area contributed by atoms with E-state index in [9.17, 15) is 0 Å². The molecule has 7 rings (SSSR count). The van der Waals surface area contributed by atoms with Crippen LogP contribution in [0.3, 0.4) is 0 Å². The highest BCUT2D eigenvalue weighted by Crippen LogP contribution is 2.43. The van der Waals surface area contributed by atoms with Gasteiger partial charge >= 0.3 is 0 Å². The van der Waals surface area contributed by atoms with E-state index < -0.39 is 0 Å². The van der Waals surface area contributed by atoms with Crippen LogP contribution in [0.2, 0.25) is 0 Å². The molecule has 0 unspecified atom stereocenters. The minimum atomic E-state index is 0.945. The highest BCUT2D eigenvalue weighted by atomic mass is 16.3. The second-order valence-electron chi connectivity index (χ2n) is 7.50. The summed E-state index contributed by atoms with van der Waals surface area (Å²) in [7, 11) is 0. The van der Waals surface area contributed by atoms with Crippen molar-refractivity contribution >= 4 is 60.0 Å². The average Bonchev–Trinajstić information content (AvgIpc) is 3.33. The number of nitrogens with zero attached hydrogens (tertiary/aromatic N) is 1. The van der Waals surface area contributed by atoms with Gasteiger partial charge in [-0.15, -0.1) is 0 Å².